The van der Waals surface area contributed by atoms with Crippen molar-refractivity contribution in [1.82, 2.24) is 25.5 Å². The van der Waals surface area contributed by atoms with Gasteiger partial charge in [-0.15, -0.1) is 17.5 Å². The van der Waals surface area contributed by atoms with E-state index in [0.29, 0.717) is 12.1 Å². The lowest BCUT2D eigenvalue weighted by Crippen LogP contribution is -2.17. The van der Waals surface area contributed by atoms with Crippen LogP contribution in [0.3, 0.4) is 0 Å². The smallest absolute Gasteiger partial charge is 0.209 e. The molecule has 0 radical (unpaired) electrons. The van der Waals surface area contributed by atoms with Gasteiger partial charge in [0, 0.05) is 37.0 Å². The van der Waals surface area contributed by atoms with Gasteiger partial charge >= 0.3 is 0 Å². The molecule has 0 saturated carbocycles. The van der Waals surface area contributed by atoms with Gasteiger partial charge in [0.15, 0.2) is 0 Å². The SMILES string of the molecule is Cl.Cn1nnnc1SCCNCc1ccccc1OCc1ccccc1F. The van der Waals surface area contributed by atoms with Crippen LogP contribution in [0.2, 0.25) is 0 Å². The summed E-state index contributed by atoms with van der Waals surface area (Å²) in [6.45, 7) is 1.68. The van der Waals surface area contributed by atoms with Crippen molar-refractivity contribution in [1.29, 1.82) is 0 Å². The Morgan fingerprint density at radius 3 is 2.59 bits per heavy atom. The Balaban J connectivity index is 0.00000261. The van der Waals surface area contributed by atoms with Gasteiger partial charge in [0.05, 0.1) is 0 Å². The Morgan fingerprint density at radius 1 is 1.11 bits per heavy atom. The number of aryl methyl sites for hydroxylation is 1. The van der Waals surface area contributed by atoms with E-state index in [1.165, 1.54) is 6.07 Å². The largest absolute Gasteiger partial charge is 0.488 e. The second kappa shape index (κ2) is 10.9. The summed E-state index contributed by atoms with van der Waals surface area (Å²) in [5.74, 6) is 1.36. The summed E-state index contributed by atoms with van der Waals surface area (Å²) < 4.78 is 21.2. The van der Waals surface area contributed by atoms with Crippen LogP contribution in [0, 0.1) is 5.82 Å². The van der Waals surface area contributed by atoms with Crippen molar-refractivity contribution in [2.24, 2.45) is 7.05 Å². The van der Waals surface area contributed by atoms with E-state index in [1.807, 2.05) is 31.3 Å². The molecule has 0 saturated heterocycles. The van der Waals surface area contributed by atoms with Crippen molar-refractivity contribution >= 4 is 24.2 Å². The predicted molar refractivity (Wildman–Crippen MR) is 106 cm³/mol. The fraction of sp³-hybridized carbons (Fsp3) is 0.278. The number of nitrogens with zero attached hydrogens (tertiary/aromatic N) is 4. The summed E-state index contributed by atoms with van der Waals surface area (Å²) in [4.78, 5) is 0. The fourth-order valence-electron chi connectivity index (χ4n) is 2.34. The molecule has 1 heterocycles. The summed E-state index contributed by atoms with van der Waals surface area (Å²) in [6.07, 6.45) is 0. The highest BCUT2D eigenvalue weighted by Crippen LogP contribution is 2.20. The molecule has 1 aromatic heterocycles. The standard InChI is InChI=1S/C18H20FN5OS.ClH/c1-24-18(21-22-23-24)26-11-10-20-12-14-6-3-5-9-17(14)25-13-15-7-2-4-8-16(15)19;/h2-9,20H,10-13H2,1H3;1H. The first-order valence-electron chi connectivity index (χ1n) is 8.24. The van der Waals surface area contributed by atoms with Crippen LogP contribution in [0.15, 0.2) is 53.7 Å². The molecule has 1 N–H and O–H groups in total. The Hall–Kier alpha value is -2.16. The van der Waals surface area contributed by atoms with Gasteiger partial charge in [0.25, 0.3) is 0 Å². The molecule has 0 aliphatic heterocycles. The van der Waals surface area contributed by atoms with E-state index in [-0.39, 0.29) is 24.8 Å². The number of nitrogens with one attached hydrogen (secondary N) is 1. The third-order valence-corrected chi connectivity index (χ3v) is 4.73. The first kappa shape index (κ1) is 21.1. The Kier molecular flexibility index (Phi) is 8.50. The van der Waals surface area contributed by atoms with Gasteiger partial charge in [-0.25, -0.2) is 9.07 Å². The van der Waals surface area contributed by atoms with Crippen LogP contribution in [0.5, 0.6) is 5.75 Å². The zero-order valence-electron chi connectivity index (χ0n) is 14.8. The maximum absolute atomic E-state index is 13.7. The first-order chi connectivity index (χ1) is 12.7. The molecule has 0 atom stereocenters. The number of hydrogen-bond donors (Lipinski definition) is 1. The maximum Gasteiger partial charge on any atom is 0.209 e. The van der Waals surface area contributed by atoms with Crippen LogP contribution in [-0.4, -0.2) is 32.5 Å². The van der Waals surface area contributed by atoms with Gasteiger partial charge < -0.3 is 10.1 Å². The van der Waals surface area contributed by atoms with Gasteiger partial charge in [0.1, 0.15) is 18.2 Å². The third-order valence-electron chi connectivity index (χ3n) is 3.72. The number of tetrazole rings is 1. The minimum atomic E-state index is -0.251. The van der Waals surface area contributed by atoms with Crippen molar-refractivity contribution < 1.29 is 9.13 Å². The van der Waals surface area contributed by atoms with Crippen molar-refractivity contribution in [3.63, 3.8) is 0 Å². The molecule has 0 bridgehead atoms. The van der Waals surface area contributed by atoms with Crippen molar-refractivity contribution in [3.05, 3.63) is 65.5 Å². The average molecular weight is 410 g/mol. The normalized spacial score (nSPS) is 10.4. The fourth-order valence-corrected chi connectivity index (χ4v) is 3.09. The summed E-state index contributed by atoms with van der Waals surface area (Å²) in [5.41, 5.74) is 1.58. The molecular weight excluding hydrogens is 389 g/mol. The zero-order valence-corrected chi connectivity index (χ0v) is 16.5. The molecule has 2 aromatic carbocycles. The zero-order chi connectivity index (χ0) is 18.2. The molecule has 27 heavy (non-hydrogen) atoms. The highest BCUT2D eigenvalue weighted by molar-refractivity contribution is 7.99. The van der Waals surface area contributed by atoms with E-state index in [4.69, 9.17) is 4.74 Å². The maximum atomic E-state index is 13.7. The molecule has 144 valence electrons. The molecule has 0 unspecified atom stereocenters. The van der Waals surface area contributed by atoms with Crippen molar-refractivity contribution in [2.75, 3.05) is 12.3 Å². The quantitative estimate of drug-likeness (QED) is 0.432. The predicted octanol–water partition coefficient (Wildman–Crippen LogP) is 3.23. The van der Waals surface area contributed by atoms with Crippen LogP contribution in [0.25, 0.3) is 0 Å². The summed E-state index contributed by atoms with van der Waals surface area (Å²) in [7, 11) is 1.82. The number of hydrogen-bond acceptors (Lipinski definition) is 6. The number of rotatable bonds is 9. The molecule has 0 spiro atoms. The lowest BCUT2D eigenvalue weighted by atomic mass is 10.2. The summed E-state index contributed by atoms with van der Waals surface area (Å²) in [5, 5.41) is 15.5. The van der Waals surface area contributed by atoms with E-state index in [0.717, 1.165) is 28.8 Å². The monoisotopic (exact) mass is 409 g/mol. The molecule has 0 amide bonds. The van der Waals surface area contributed by atoms with Crippen LogP contribution in [-0.2, 0) is 20.2 Å². The van der Waals surface area contributed by atoms with Crippen molar-refractivity contribution in [2.45, 2.75) is 18.3 Å². The van der Waals surface area contributed by atoms with E-state index in [1.54, 1.807) is 34.6 Å². The minimum Gasteiger partial charge on any atom is -0.488 e. The van der Waals surface area contributed by atoms with E-state index in [9.17, 15) is 4.39 Å². The first-order valence-corrected chi connectivity index (χ1v) is 9.22. The number of halogens is 2. The molecule has 0 fully saturated rings. The summed E-state index contributed by atoms with van der Waals surface area (Å²) >= 11 is 1.59. The Labute approximate surface area is 167 Å². The molecule has 3 rings (SSSR count). The number of para-hydroxylation sites is 1. The average Bonchev–Trinajstić information content (AvgIpc) is 3.06. The second-order valence-corrected chi connectivity index (χ2v) is 6.66. The third kappa shape index (κ3) is 6.20. The van der Waals surface area contributed by atoms with Gasteiger partial charge in [-0.2, -0.15) is 0 Å². The van der Waals surface area contributed by atoms with Crippen LogP contribution in [0.4, 0.5) is 4.39 Å². The summed E-state index contributed by atoms with van der Waals surface area (Å²) in [6, 6.07) is 14.4. The molecule has 3 aromatic rings. The molecule has 0 aliphatic carbocycles. The second-order valence-electron chi connectivity index (χ2n) is 5.60. The lowest BCUT2D eigenvalue weighted by Gasteiger charge is -2.12. The van der Waals surface area contributed by atoms with Crippen LogP contribution < -0.4 is 10.1 Å². The Bertz CT molecular complexity index is 848. The van der Waals surface area contributed by atoms with Gasteiger partial charge in [-0.05, 0) is 22.6 Å². The topological polar surface area (TPSA) is 64.9 Å². The molecular formula is C18H21ClFN5OS. The molecule has 0 aliphatic rings. The number of aromatic nitrogens is 4. The van der Waals surface area contributed by atoms with Crippen LogP contribution in [0.1, 0.15) is 11.1 Å². The van der Waals surface area contributed by atoms with Gasteiger partial charge in [-0.1, -0.05) is 48.2 Å². The number of thioether (sulfide) groups is 1. The van der Waals surface area contributed by atoms with E-state index >= 15 is 0 Å². The lowest BCUT2D eigenvalue weighted by molar-refractivity contribution is 0.296. The minimum absolute atomic E-state index is 0. The highest BCUT2D eigenvalue weighted by Gasteiger charge is 2.06. The number of ether oxygens (including phenoxy) is 1. The van der Waals surface area contributed by atoms with Gasteiger partial charge in [0.2, 0.25) is 5.16 Å². The highest BCUT2D eigenvalue weighted by atomic mass is 35.5. The van der Waals surface area contributed by atoms with Crippen molar-refractivity contribution in [3.8, 4) is 5.75 Å². The van der Waals surface area contributed by atoms with Gasteiger partial charge in [-0.3, -0.25) is 0 Å². The van der Waals surface area contributed by atoms with Crippen LogP contribution >= 0.6 is 24.2 Å². The Morgan fingerprint density at radius 2 is 1.85 bits per heavy atom. The number of benzene rings is 2. The van der Waals surface area contributed by atoms with E-state index < -0.39 is 0 Å². The molecule has 6 nitrogen and oxygen atoms in total. The molecule has 9 heteroatoms. The van der Waals surface area contributed by atoms with E-state index in [2.05, 4.69) is 20.8 Å².